The SMILES string of the molecule is COc1cc(C(=O)N2CCC(CCN3CCC(C(N)=O)(c4ccccc4)CC3)(c3ccc(Cl)c(Cl)c3)C2)cc(OC)c1OC.O=C(O)CC(O)(CC(=O)O)C(=O)O. The number of ether oxygens (including phenoxy) is 3. The maximum atomic E-state index is 13.9. The molecule has 57 heavy (non-hydrogen) atoms. The summed E-state index contributed by atoms with van der Waals surface area (Å²) in [5, 5.41) is 34.8. The molecule has 1 unspecified atom stereocenters. The molecule has 2 amide bonds. The van der Waals surface area contributed by atoms with Crippen molar-refractivity contribution in [1.82, 2.24) is 9.80 Å². The van der Waals surface area contributed by atoms with Gasteiger partial charge in [-0.1, -0.05) is 59.6 Å². The van der Waals surface area contributed by atoms with Gasteiger partial charge in [-0.15, -0.1) is 0 Å². The van der Waals surface area contributed by atoms with Crippen molar-refractivity contribution in [2.75, 3.05) is 54.1 Å². The Bertz CT molecular complexity index is 1910. The molecule has 0 aromatic heterocycles. The number of halogens is 2. The summed E-state index contributed by atoms with van der Waals surface area (Å²) in [7, 11) is 4.60. The van der Waals surface area contributed by atoms with E-state index in [4.69, 9.17) is 63.6 Å². The van der Waals surface area contributed by atoms with Gasteiger partial charge in [0.2, 0.25) is 11.7 Å². The van der Waals surface area contributed by atoms with Crippen molar-refractivity contribution >= 4 is 52.9 Å². The smallest absolute Gasteiger partial charge is 0.336 e. The highest BCUT2D eigenvalue weighted by Gasteiger charge is 2.45. The molecule has 1 atom stereocenters. The second-order valence-electron chi connectivity index (χ2n) is 14.2. The quantitative estimate of drug-likeness (QED) is 0.143. The topological polar surface area (TPSA) is 226 Å². The summed E-state index contributed by atoms with van der Waals surface area (Å²) >= 11 is 12.8. The van der Waals surface area contributed by atoms with E-state index in [1.807, 2.05) is 53.4 Å². The lowest BCUT2D eigenvalue weighted by molar-refractivity contribution is -0.170. The van der Waals surface area contributed by atoms with Crippen LogP contribution in [0.1, 0.15) is 60.0 Å². The third-order valence-corrected chi connectivity index (χ3v) is 11.5. The van der Waals surface area contributed by atoms with Crippen LogP contribution in [0.3, 0.4) is 0 Å². The average molecular weight is 833 g/mol. The monoisotopic (exact) mass is 831 g/mol. The fraction of sp³-hybridized carbons (Fsp3) is 0.425. The lowest BCUT2D eigenvalue weighted by Crippen LogP contribution is -2.50. The molecule has 15 nitrogen and oxygen atoms in total. The number of nitrogens with two attached hydrogens (primary N) is 1. The Labute approximate surface area is 339 Å². The van der Waals surface area contributed by atoms with Crippen LogP contribution in [0.15, 0.2) is 60.7 Å². The zero-order valence-electron chi connectivity index (χ0n) is 31.8. The molecule has 6 N–H and O–H groups in total. The molecule has 2 saturated heterocycles. The number of aliphatic hydroxyl groups is 1. The fourth-order valence-electron chi connectivity index (χ4n) is 7.52. The molecule has 5 rings (SSSR count). The van der Waals surface area contributed by atoms with Gasteiger partial charge in [-0.05, 0) is 80.7 Å². The summed E-state index contributed by atoms with van der Waals surface area (Å²) in [5.41, 5.74) is 4.75. The number of carbonyl (C=O) groups is 5. The van der Waals surface area contributed by atoms with Gasteiger partial charge in [-0.3, -0.25) is 19.2 Å². The van der Waals surface area contributed by atoms with Crippen LogP contribution >= 0.6 is 23.2 Å². The molecule has 0 saturated carbocycles. The number of nitrogens with zero attached hydrogens (tertiary/aromatic N) is 2. The number of aliphatic carboxylic acids is 3. The van der Waals surface area contributed by atoms with E-state index >= 15 is 0 Å². The number of benzene rings is 3. The van der Waals surface area contributed by atoms with Crippen LogP contribution in [0.4, 0.5) is 0 Å². The lowest BCUT2D eigenvalue weighted by Gasteiger charge is -2.41. The minimum Gasteiger partial charge on any atom is -0.493 e. The van der Waals surface area contributed by atoms with Gasteiger partial charge in [-0.25, -0.2) is 4.79 Å². The molecule has 308 valence electrons. The van der Waals surface area contributed by atoms with Crippen molar-refractivity contribution in [3.63, 3.8) is 0 Å². The van der Waals surface area contributed by atoms with Crippen LogP contribution in [0.2, 0.25) is 10.0 Å². The number of carbonyl (C=O) groups excluding carboxylic acids is 2. The van der Waals surface area contributed by atoms with Crippen molar-refractivity contribution in [3.8, 4) is 17.2 Å². The number of rotatable bonds is 15. The number of piperidine rings is 1. The number of amides is 2. The number of methoxy groups -OCH3 is 3. The molecular formula is C40H47Cl2N3O12. The summed E-state index contributed by atoms with van der Waals surface area (Å²) in [6, 6.07) is 19.0. The molecule has 3 aromatic rings. The highest BCUT2D eigenvalue weighted by atomic mass is 35.5. The van der Waals surface area contributed by atoms with E-state index in [0.29, 0.717) is 58.8 Å². The van der Waals surface area contributed by atoms with Crippen LogP contribution in [0.5, 0.6) is 17.2 Å². The number of primary amides is 1. The van der Waals surface area contributed by atoms with E-state index in [-0.39, 0.29) is 17.2 Å². The van der Waals surface area contributed by atoms with Gasteiger partial charge in [0.25, 0.3) is 5.91 Å². The summed E-state index contributed by atoms with van der Waals surface area (Å²) < 4.78 is 16.4. The predicted molar refractivity (Wildman–Crippen MR) is 209 cm³/mol. The molecule has 2 fully saturated rings. The predicted octanol–water partition coefficient (Wildman–Crippen LogP) is 4.46. The lowest BCUT2D eigenvalue weighted by atomic mass is 9.71. The van der Waals surface area contributed by atoms with E-state index in [9.17, 15) is 24.0 Å². The Morgan fingerprint density at radius 1 is 0.772 bits per heavy atom. The molecule has 0 aliphatic carbocycles. The third-order valence-electron chi connectivity index (χ3n) is 10.8. The minimum atomic E-state index is -2.74. The van der Waals surface area contributed by atoms with Gasteiger partial charge >= 0.3 is 17.9 Å². The van der Waals surface area contributed by atoms with Crippen LogP contribution in [-0.2, 0) is 30.0 Å². The summed E-state index contributed by atoms with van der Waals surface area (Å²) in [5.74, 6) is -4.11. The van der Waals surface area contributed by atoms with E-state index < -0.39 is 41.8 Å². The van der Waals surface area contributed by atoms with E-state index in [2.05, 4.69) is 4.90 Å². The molecule has 2 aliphatic rings. The first-order valence-electron chi connectivity index (χ1n) is 18.0. The van der Waals surface area contributed by atoms with Gasteiger partial charge in [0.05, 0.1) is 49.6 Å². The Morgan fingerprint density at radius 2 is 1.35 bits per heavy atom. The number of hydrogen-bond donors (Lipinski definition) is 5. The van der Waals surface area contributed by atoms with Crippen molar-refractivity contribution in [2.24, 2.45) is 5.73 Å². The molecule has 0 spiro atoms. The first-order valence-corrected chi connectivity index (χ1v) is 18.7. The first-order chi connectivity index (χ1) is 26.9. The Hall–Kier alpha value is -5.09. The largest absolute Gasteiger partial charge is 0.493 e. The Kier molecular flexibility index (Phi) is 14.8. The second kappa shape index (κ2) is 18.9. The van der Waals surface area contributed by atoms with Gasteiger partial charge in [0.15, 0.2) is 17.1 Å². The van der Waals surface area contributed by atoms with Crippen LogP contribution < -0.4 is 19.9 Å². The maximum absolute atomic E-state index is 13.9. The van der Waals surface area contributed by atoms with Crippen molar-refractivity contribution < 1.29 is 58.6 Å². The molecule has 17 heteroatoms. The van der Waals surface area contributed by atoms with E-state index in [1.165, 1.54) is 21.3 Å². The average Bonchev–Trinajstić information content (AvgIpc) is 3.62. The first kappa shape index (κ1) is 44.6. The molecule has 2 heterocycles. The highest BCUT2D eigenvalue weighted by Crippen LogP contribution is 2.43. The van der Waals surface area contributed by atoms with Crippen LogP contribution in [0, 0.1) is 0 Å². The molecule has 3 aromatic carbocycles. The summed E-state index contributed by atoms with van der Waals surface area (Å²) in [4.78, 5) is 61.3. The number of hydrogen-bond acceptors (Lipinski definition) is 10. The maximum Gasteiger partial charge on any atom is 0.336 e. The summed E-state index contributed by atoms with van der Waals surface area (Å²) in [6.45, 7) is 3.40. The normalized spacial score (nSPS) is 17.8. The zero-order chi connectivity index (χ0) is 42.1. The fourth-order valence-corrected chi connectivity index (χ4v) is 7.82. The number of likely N-dealkylation sites (tertiary alicyclic amines) is 2. The number of carboxylic acids is 3. The van der Waals surface area contributed by atoms with Crippen molar-refractivity contribution in [1.29, 1.82) is 0 Å². The van der Waals surface area contributed by atoms with Crippen molar-refractivity contribution in [3.05, 3.63) is 87.4 Å². The number of carboxylic acid groups (broad SMARTS) is 3. The van der Waals surface area contributed by atoms with Gasteiger partial charge in [0, 0.05) is 24.1 Å². The molecule has 0 radical (unpaired) electrons. The molecule has 2 aliphatic heterocycles. The molecule has 0 bridgehead atoms. The van der Waals surface area contributed by atoms with Crippen molar-refractivity contribution in [2.45, 2.75) is 55.0 Å². The van der Waals surface area contributed by atoms with Crippen LogP contribution in [-0.4, -0.2) is 120 Å². The highest BCUT2D eigenvalue weighted by molar-refractivity contribution is 6.42. The minimum absolute atomic E-state index is 0.113. The summed E-state index contributed by atoms with van der Waals surface area (Å²) in [6.07, 6.45) is 0.613. The standard InChI is InChI=1S/C34H39Cl2N3O5.C6H8O7/c1-42-28-19-23(20-29(43-2)30(28)44-3)31(40)39-18-12-33(22-39,25-9-10-26(35)27(36)21-25)11-15-38-16-13-34(14-17-38,32(37)41)24-7-5-4-6-8-24;7-3(8)1-6(13,5(11)12)2-4(9)10/h4-10,19-21H,11-18,22H2,1-3H3,(H2,37,41);13H,1-2H2,(H,7,8)(H,9,10)(H,11,12). The van der Waals surface area contributed by atoms with Crippen LogP contribution in [0.25, 0.3) is 0 Å². The van der Waals surface area contributed by atoms with Gasteiger partial charge < -0.3 is 50.2 Å². The van der Waals surface area contributed by atoms with Gasteiger partial charge in [0.1, 0.15) is 0 Å². The zero-order valence-corrected chi connectivity index (χ0v) is 33.3. The van der Waals surface area contributed by atoms with E-state index in [0.717, 1.165) is 43.6 Å². The Morgan fingerprint density at radius 3 is 1.82 bits per heavy atom. The third kappa shape index (κ3) is 10.3. The van der Waals surface area contributed by atoms with E-state index in [1.54, 1.807) is 12.1 Å². The second-order valence-corrected chi connectivity index (χ2v) is 15.0. The Balaban J connectivity index is 0.000000476. The van der Waals surface area contributed by atoms with Gasteiger partial charge in [-0.2, -0.15) is 0 Å². The molecular weight excluding hydrogens is 785 g/mol.